The van der Waals surface area contributed by atoms with E-state index in [0.29, 0.717) is 16.3 Å². The molecule has 1 atom stereocenters. The van der Waals surface area contributed by atoms with Crippen molar-refractivity contribution < 1.29 is 9.59 Å². The molecule has 1 saturated carbocycles. The van der Waals surface area contributed by atoms with Gasteiger partial charge in [0.05, 0.1) is 17.3 Å². The van der Waals surface area contributed by atoms with Crippen LogP contribution in [0.3, 0.4) is 0 Å². The highest BCUT2D eigenvalue weighted by Crippen LogP contribution is 2.25. The molecule has 2 amide bonds. The minimum absolute atomic E-state index is 0.159. The van der Waals surface area contributed by atoms with Crippen LogP contribution in [0.25, 0.3) is 0 Å². The molecule has 1 heterocycles. The molecule has 0 aliphatic heterocycles. The van der Waals surface area contributed by atoms with Crippen LogP contribution in [0.15, 0.2) is 0 Å². The first-order chi connectivity index (χ1) is 9.99. The van der Waals surface area contributed by atoms with Crippen LogP contribution in [0.1, 0.15) is 55.1 Å². The first-order valence-corrected chi connectivity index (χ1v) is 8.10. The molecular weight excluding hydrogens is 288 g/mol. The average Bonchev–Trinajstić information content (AvgIpc) is 2.80. The zero-order valence-electron chi connectivity index (χ0n) is 12.4. The molecule has 0 spiro atoms. The summed E-state index contributed by atoms with van der Waals surface area (Å²) in [5.41, 5.74) is 6.63. The highest BCUT2D eigenvalue weighted by atomic mass is 32.1. The Labute approximate surface area is 128 Å². The second kappa shape index (κ2) is 7.00. The van der Waals surface area contributed by atoms with E-state index in [2.05, 4.69) is 15.0 Å². The normalized spacial score (nSPS) is 17.3. The minimum Gasteiger partial charge on any atom is -0.349 e. The van der Waals surface area contributed by atoms with Gasteiger partial charge in [-0.1, -0.05) is 19.3 Å². The Morgan fingerprint density at radius 1 is 1.33 bits per heavy atom. The molecule has 1 aromatic rings. The van der Waals surface area contributed by atoms with E-state index >= 15 is 0 Å². The van der Waals surface area contributed by atoms with Crippen molar-refractivity contribution in [2.45, 2.75) is 58.0 Å². The summed E-state index contributed by atoms with van der Waals surface area (Å²) in [6.07, 6.45) is 5.58. The van der Waals surface area contributed by atoms with Gasteiger partial charge < -0.3 is 16.4 Å². The number of nitrogens with zero attached hydrogens (tertiary/aromatic N) is 1. The number of hydrogen-bond acceptors (Lipinski definition) is 5. The third-order valence-electron chi connectivity index (χ3n) is 3.68. The number of amides is 2. The second-order valence-corrected chi connectivity index (χ2v) is 6.33. The topological polar surface area (TPSA) is 97.1 Å². The van der Waals surface area contributed by atoms with Crippen molar-refractivity contribution in [3.63, 3.8) is 0 Å². The molecule has 1 aromatic heterocycles. The zero-order valence-corrected chi connectivity index (χ0v) is 13.3. The largest absolute Gasteiger partial charge is 0.349 e. The fourth-order valence-electron chi connectivity index (χ4n) is 2.45. The summed E-state index contributed by atoms with van der Waals surface area (Å²) < 4.78 is 4.17. The van der Waals surface area contributed by atoms with Gasteiger partial charge >= 0.3 is 0 Å². The number of carbonyl (C=O) groups is 2. The molecule has 1 fully saturated rings. The van der Waals surface area contributed by atoms with E-state index < -0.39 is 6.04 Å². The summed E-state index contributed by atoms with van der Waals surface area (Å²) in [4.78, 5) is 24.1. The quantitative estimate of drug-likeness (QED) is 0.790. The molecule has 21 heavy (non-hydrogen) atoms. The van der Waals surface area contributed by atoms with Crippen LogP contribution in [0.5, 0.6) is 0 Å². The second-order valence-electron chi connectivity index (χ2n) is 5.56. The van der Waals surface area contributed by atoms with E-state index in [9.17, 15) is 9.59 Å². The lowest BCUT2D eigenvalue weighted by Gasteiger charge is -2.22. The Morgan fingerprint density at radius 2 is 2.00 bits per heavy atom. The van der Waals surface area contributed by atoms with Crippen molar-refractivity contribution >= 4 is 28.3 Å². The summed E-state index contributed by atoms with van der Waals surface area (Å²) in [5, 5.41) is 6.21. The van der Waals surface area contributed by atoms with Gasteiger partial charge in [-0.25, -0.2) is 0 Å². The Hall–Kier alpha value is -1.47. The van der Waals surface area contributed by atoms with Gasteiger partial charge in [-0.05, 0) is 38.2 Å². The molecule has 4 N–H and O–H groups in total. The van der Waals surface area contributed by atoms with Crippen LogP contribution in [-0.2, 0) is 4.79 Å². The maximum atomic E-state index is 12.4. The van der Waals surface area contributed by atoms with Crippen molar-refractivity contribution in [1.29, 1.82) is 0 Å². The molecule has 1 aliphatic carbocycles. The molecule has 0 aromatic carbocycles. The highest BCUT2D eigenvalue weighted by molar-refractivity contribution is 7.11. The molecule has 1 unspecified atom stereocenters. The standard InChI is InChI=1S/C14H22N4O2S/c1-8(15)12(19)17-14-11(9(2)18-21-14)13(20)16-10-6-4-3-5-7-10/h8,10H,3-7,15H2,1-2H3,(H,16,20)(H,17,19). The van der Waals surface area contributed by atoms with E-state index in [0.717, 1.165) is 37.2 Å². The number of aryl methyl sites for hydroxylation is 1. The Kier molecular flexibility index (Phi) is 5.30. The van der Waals surface area contributed by atoms with Gasteiger partial charge in [0, 0.05) is 6.04 Å². The number of carbonyl (C=O) groups excluding carboxylic acids is 2. The lowest BCUT2D eigenvalue weighted by atomic mass is 9.95. The Balaban J connectivity index is 2.08. The van der Waals surface area contributed by atoms with E-state index in [1.165, 1.54) is 6.42 Å². The smallest absolute Gasteiger partial charge is 0.256 e. The number of anilines is 1. The summed E-state index contributed by atoms with van der Waals surface area (Å²) in [6.45, 7) is 3.37. The molecule has 2 rings (SSSR count). The molecular formula is C14H22N4O2S. The third-order valence-corrected chi connectivity index (χ3v) is 4.53. The van der Waals surface area contributed by atoms with E-state index in [4.69, 9.17) is 5.73 Å². The number of nitrogens with one attached hydrogen (secondary N) is 2. The fraction of sp³-hybridized carbons (Fsp3) is 0.643. The van der Waals surface area contributed by atoms with Crippen LogP contribution in [-0.4, -0.2) is 28.3 Å². The van der Waals surface area contributed by atoms with Crippen molar-refractivity contribution in [2.24, 2.45) is 5.73 Å². The van der Waals surface area contributed by atoms with Crippen molar-refractivity contribution in [2.75, 3.05) is 5.32 Å². The molecule has 1 aliphatic rings. The van der Waals surface area contributed by atoms with Gasteiger partial charge in [-0.3, -0.25) is 9.59 Å². The zero-order chi connectivity index (χ0) is 15.4. The SMILES string of the molecule is Cc1nsc(NC(=O)C(C)N)c1C(=O)NC1CCCCC1. The lowest BCUT2D eigenvalue weighted by Crippen LogP contribution is -2.37. The summed E-state index contributed by atoms with van der Waals surface area (Å²) in [5.74, 6) is -0.474. The fourth-order valence-corrected chi connectivity index (χ4v) is 3.25. The predicted molar refractivity (Wildman–Crippen MR) is 83.5 cm³/mol. The Morgan fingerprint density at radius 3 is 2.62 bits per heavy atom. The molecule has 0 saturated heterocycles. The summed E-state index contributed by atoms with van der Waals surface area (Å²) in [6, 6.07) is -0.399. The minimum atomic E-state index is -0.623. The molecule has 6 nitrogen and oxygen atoms in total. The maximum absolute atomic E-state index is 12.4. The predicted octanol–water partition coefficient (Wildman–Crippen LogP) is 1.80. The van der Waals surface area contributed by atoms with Crippen molar-refractivity contribution in [3.05, 3.63) is 11.3 Å². The number of hydrogen-bond donors (Lipinski definition) is 3. The van der Waals surface area contributed by atoms with Crippen molar-refractivity contribution in [1.82, 2.24) is 9.69 Å². The molecule has 0 radical (unpaired) electrons. The van der Waals surface area contributed by atoms with E-state index in [1.54, 1.807) is 13.8 Å². The number of aromatic nitrogens is 1. The van der Waals surface area contributed by atoms with Gasteiger partial charge in [0.2, 0.25) is 5.91 Å². The van der Waals surface area contributed by atoms with Crippen LogP contribution < -0.4 is 16.4 Å². The van der Waals surface area contributed by atoms with Crippen molar-refractivity contribution in [3.8, 4) is 0 Å². The lowest BCUT2D eigenvalue weighted by molar-refractivity contribution is -0.117. The van der Waals surface area contributed by atoms with Crippen LogP contribution in [0.4, 0.5) is 5.00 Å². The van der Waals surface area contributed by atoms with Crippen LogP contribution >= 0.6 is 11.5 Å². The van der Waals surface area contributed by atoms with E-state index in [-0.39, 0.29) is 17.9 Å². The summed E-state index contributed by atoms with van der Waals surface area (Å²) in [7, 11) is 0. The van der Waals surface area contributed by atoms with Gasteiger partial charge in [0.1, 0.15) is 5.00 Å². The van der Waals surface area contributed by atoms with Gasteiger partial charge in [-0.15, -0.1) is 0 Å². The van der Waals surface area contributed by atoms with E-state index in [1.807, 2.05) is 0 Å². The first-order valence-electron chi connectivity index (χ1n) is 7.32. The monoisotopic (exact) mass is 310 g/mol. The van der Waals surface area contributed by atoms with Gasteiger partial charge in [0.15, 0.2) is 0 Å². The average molecular weight is 310 g/mol. The van der Waals surface area contributed by atoms with Crippen LogP contribution in [0.2, 0.25) is 0 Å². The van der Waals surface area contributed by atoms with Gasteiger partial charge in [-0.2, -0.15) is 4.37 Å². The van der Waals surface area contributed by atoms with Crippen LogP contribution in [0, 0.1) is 6.92 Å². The number of rotatable bonds is 4. The first kappa shape index (κ1) is 15.9. The molecule has 0 bridgehead atoms. The maximum Gasteiger partial charge on any atom is 0.256 e. The molecule has 116 valence electrons. The Bertz CT molecular complexity index is 521. The highest BCUT2D eigenvalue weighted by Gasteiger charge is 2.23. The summed E-state index contributed by atoms with van der Waals surface area (Å²) >= 11 is 1.11. The number of nitrogens with two attached hydrogens (primary N) is 1. The molecule has 7 heteroatoms. The third kappa shape index (κ3) is 4.01. The van der Waals surface area contributed by atoms with Gasteiger partial charge in [0.25, 0.3) is 5.91 Å².